The van der Waals surface area contributed by atoms with Gasteiger partial charge in [-0.2, -0.15) is 0 Å². The van der Waals surface area contributed by atoms with Gasteiger partial charge >= 0.3 is 11.9 Å². The second kappa shape index (κ2) is 7.65. The number of rotatable bonds is 6. The summed E-state index contributed by atoms with van der Waals surface area (Å²) in [6, 6.07) is 7.50. The van der Waals surface area contributed by atoms with Crippen LogP contribution in [0.1, 0.15) is 31.1 Å². The first-order chi connectivity index (χ1) is 9.43. The minimum absolute atomic E-state index is 0.144. The molecule has 0 saturated carbocycles. The highest BCUT2D eigenvalue weighted by molar-refractivity contribution is 5.67. The molecule has 0 fully saturated rings. The van der Waals surface area contributed by atoms with Crippen molar-refractivity contribution in [1.29, 1.82) is 0 Å². The molecule has 0 radical (unpaired) electrons. The molecule has 20 heavy (non-hydrogen) atoms. The lowest BCUT2D eigenvalue weighted by Gasteiger charge is -2.26. The summed E-state index contributed by atoms with van der Waals surface area (Å²) in [6.07, 6.45) is -1.36. The smallest absolute Gasteiger partial charge is 0.303 e. The quantitative estimate of drug-likeness (QED) is 0.747. The van der Waals surface area contributed by atoms with E-state index in [0.717, 1.165) is 11.1 Å². The van der Waals surface area contributed by atoms with Crippen molar-refractivity contribution in [2.24, 2.45) is 0 Å². The number of benzene rings is 1. The van der Waals surface area contributed by atoms with Gasteiger partial charge in [0.15, 0.2) is 12.2 Å². The SMILES string of the molecule is COC[C@H](OC(C)=O)[C@@H](OC(C)=O)c1ccc(C)cc1. The Morgan fingerprint density at radius 3 is 2.05 bits per heavy atom. The predicted octanol–water partition coefficient (Wildman–Crippen LogP) is 2.18. The van der Waals surface area contributed by atoms with Crippen LogP contribution in [-0.2, 0) is 23.8 Å². The van der Waals surface area contributed by atoms with Crippen LogP contribution < -0.4 is 0 Å². The molecule has 5 nitrogen and oxygen atoms in total. The number of carbonyl (C=O) groups excluding carboxylic acids is 2. The van der Waals surface area contributed by atoms with Gasteiger partial charge in [-0.15, -0.1) is 0 Å². The molecule has 0 aliphatic heterocycles. The van der Waals surface area contributed by atoms with Gasteiger partial charge in [0.05, 0.1) is 6.61 Å². The lowest BCUT2D eigenvalue weighted by Crippen LogP contribution is -2.31. The average Bonchev–Trinajstić information content (AvgIpc) is 2.36. The van der Waals surface area contributed by atoms with E-state index in [1.807, 2.05) is 31.2 Å². The van der Waals surface area contributed by atoms with Crippen molar-refractivity contribution in [1.82, 2.24) is 0 Å². The largest absolute Gasteiger partial charge is 0.456 e. The van der Waals surface area contributed by atoms with Crippen molar-refractivity contribution in [3.05, 3.63) is 35.4 Å². The third-order valence-electron chi connectivity index (χ3n) is 2.68. The molecule has 0 aliphatic carbocycles. The first-order valence-electron chi connectivity index (χ1n) is 6.34. The van der Waals surface area contributed by atoms with E-state index < -0.39 is 24.1 Å². The zero-order valence-electron chi connectivity index (χ0n) is 12.2. The maximum Gasteiger partial charge on any atom is 0.303 e. The van der Waals surface area contributed by atoms with Gasteiger partial charge in [0.2, 0.25) is 0 Å². The minimum Gasteiger partial charge on any atom is -0.456 e. The molecule has 0 aliphatic rings. The Balaban J connectivity index is 3.03. The Hall–Kier alpha value is -1.88. The van der Waals surface area contributed by atoms with Crippen molar-refractivity contribution >= 4 is 11.9 Å². The molecule has 1 aromatic carbocycles. The van der Waals surface area contributed by atoms with Gasteiger partial charge in [0.1, 0.15) is 0 Å². The molecule has 2 atom stereocenters. The van der Waals surface area contributed by atoms with Gasteiger partial charge in [-0.05, 0) is 12.5 Å². The van der Waals surface area contributed by atoms with Crippen molar-refractivity contribution < 1.29 is 23.8 Å². The highest BCUT2D eigenvalue weighted by atomic mass is 16.6. The molecule has 1 aromatic rings. The molecule has 0 spiro atoms. The second-order valence-corrected chi connectivity index (χ2v) is 4.54. The van der Waals surface area contributed by atoms with Crippen LogP contribution >= 0.6 is 0 Å². The Morgan fingerprint density at radius 1 is 1.05 bits per heavy atom. The first-order valence-corrected chi connectivity index (χ1v) is 6.34. The number of hydrogen-bond donors (Lipinski definition) is 0. The van der Waals surface area contributed by atoms with Gasteiger partial charge in [-0.3, -0.25) is 9.59 Å². The topological polar surface area (TPSA) is 61.8 Å². The molecule has 5 heteroatoms. The molecule has 0 N–H and O–H groups in total. The van der Waals surface area contributed by atoms with Crippen LogP contribution in [0, 0.1) is 6.92 Å². The lowest BCUT2D eigenvalue weighted by molar-refractivity contribution is -0.170. The summed E-state index contributed by atoms with van der Waals surface area (Å²) in [5.41, 5.74) is 1.85. The van der Waals surface area contributed by atoms with Crippen LogP contribution in [0.3, 0.4) is 0 Å². The zero-order valence-corrected chi connectivity index (χ0v) is 12.2. The fraction of sp³-hybridized carbons (Fsp3) is 0.467. The molecule has 0 heterocycles. The summed E-state index contributed by atoms with van der Waals surface area (Å²) in [4.78, 5) is 22.5. The molecule has 0 bridgehead atoms. The summed E-state index contributed by atoms with van der Waals surface area (Å²) in [7, 11) is 1.50. The Labute approximate surface area is 118 Å². The van der Waals surface area contributed by atoms with Crippen molar-refractivity contribution in [2.45, 2.75) is 33.0 Å². The fourth-order valence-corrected chi connectivity index (χ4v) is 1.85. The van der Waals surface area contributed by atoms with E-state index in [2.05, 4.69) is 0 Å². The van der Waals surface area contributed by atoms with Gasteiger partial charge in [-0.25, -0.2) is 0 Å². The second-order valence-electron chi connectivity index (χ2n) is 4.54. The van der Waals surface area contributed by atoms with E-state index >= 15 is 0 Å². The Bertz CT molecular complexity index is 452. The maximum atomic E-state index is 11.3. The monoisotopic (exact) mass is 280 g/mol. The summed E-state index contributed by atoms with van der Waals surface area (Å²) < 4.78 is 15.5. The maximum absolute atomic E-state index is 11.3. The summed E-state index contributed by atoms with van der Waals surface area (Å²) in [5.74, 6) is -0.889. The number of hydrogen-bond acceptors (Lipinski definition) is 5. The Morgan fingerprint density at radius 2 is 1.60 bits per heavy atom. The number of carbonyl (C=O) groups is 2. The lowest BCUT2D eigenvalue weighted by atomic mass is 10.0. The number of aryl methyl sites for hydroxylation is 1. The normalized spacial score (nSPS) is 13.4. The van der Waals surface area contributed by atoms with E-state index in [4.69, 9.17) is 14.2 Å². The van der Waals surface area contributed by atoms with Gasteiger partial charge < -0.3 is 14.2 Å². The van der Waals surface area contributed by atoms with Crippen LogP contribution in [0.2, 0.25) is 0 Å². The molecule has 110 valence electrons. The predicted molar refractivity (Wildman–Crippen MR) is 73.1 cm³/mol. The number of methoxy groups -OCH3 is 1. The summed E-state index contributed by atoms with van der Waals surface area (Å²) >= 11 is 0. The van der Waals surface area contributed by atoms with E-state index in [0.29, 0.717) is 0 Å². The van der Waals surface area contributed by atoms with Gasteiger partial charge in [-0.1, -0.05) is 29.8 Å². The number of esters is 2. The van der Waals surface area contributed by atoms with Crippen molar-refractivity contribution in [2.75, 3.05) is 13.7 Å². The third kappa shape index (κ3) is 5.01. The highest BCUT2D eigenvalue weighted by Gasteiger charge is 2.28. The first kappa shape index (κ1) is 16.2. The molecule has 0 unspecified atom stereocenters. The minimum atomic E-state index is -0.683. The standard InChI is InChI=1S/C15H20O5/c1-10-5-7-13(8-6-10)15(20-12(3)17)14(9-18-4)19-11(2)16/h5-8,14-15H,9H2,1-4H3/t14-,15-/m0/s1. The van der Waals surface area contributed by atoms with Crippen LogP contribution in [-0.4, -0.2) is 31.8 Å². The third-order valence-corrected chi connectivity index (χ3v) is 2.68. The van der Waals surface area contributed by atoms with Crippen LogP contribution in [0.25, 0.3) is 0 Å². The van der Waals surface area contributed by atoms with E-state index in [1.165, 1.54) is 21.0 Å². The van der Waals surface area contributed by atoms with E-state index in [1.54, 1.807) is 0 Å². The fourth-order valence-electron chi connectivity index (χ4n) is 1.85. The van der Waals surface area contributed by atoms with Crippen molar-refractivity contribution in [3.63, 3.8) is 0 Å². The molecular weight excluding hydrogens is 260 g/mol. The average molecular weight is 280 g/mol. The molecule has 0 amide bonds. The van der Waals surface area contributed by atoms with E-state index in [-0.39, 0.29) is 6.61 Å². The summed E-state index contributed by atoms with van der Waals surface area (Å²) in [6.45, 7) is 4.73. The number of ether oxygens (including phenoxy) is 3. The van der Waals surface area contributed by atoms with Crippen molar-refractivity contribution in [3.8, 4) is 0 Å². The van der Waals surface area contributed by atoms with Gasteiger partial charge in [0, 0.05) is 21.0 Å². The van der Waals surface area contributed by atoms with E-state index in [9.17, 15) is 9.59 Å². The highest BCUT2D eigenvalue weighted by Crippen LogP contribution is 2.25. The molecule has 0 saturated heterocycles. The van der Waals surface area contributed by atoms with Crippen LogP contribution in [0.5, 0.6) is 0 Å². The molecule has 0 aromatic heterocycles. The zero-order chi connectivity index (χ0) is 15.1. The Kier molecular flexibility index (Phi) is 6.18. The molecule has 1 rings (SSSR count). The molecular formula is C15H20O5. The van der Waals surface area contributed by atoms with Crippen LogP contribution in [0.4, 0.5) is 0 Å². The van der Waals surface area contributed by atoms with Gasteiger partial charge in [0.25, 0.3) is 0 Å². The van der Waals surface area contributed by atoms with Crippen LogP contribution in [0.15, 0.2) is 24.3 Å². The summed E-state index contributed by atoms with van der Waals surface area (Å²) in [5, 5.41) is 0.